The van der Waals surface area contributed by atoms with Gasteiger partial charge in [-0.2, -0.15) is 0 Å². The van der Waals surface area contributed by atoms with Crippen LogP contribution < -0.4 is 10.4 Å². The van der Waals surface area contributed by atoms with Crippen molar-refractivity contribution in [1.82, 2.24) is 0 Å². The van der Waals surface area contributed by atoms with Crippen LogP contribution in [0.5, 0.6) is 0 Å². The minimum absolute atomic E-state index is 0.0850. The van der Waals surface area contributed by atoms with Crippen LogP contribution in [0.4, 0.5) is 0 Å². The molecule has 0 saturated heterocycles. The number of rotatable bonds is 4. The third-order valence-corrected chi connectivity index (χ3v) is 5.84. The van der Waals surface area contributed by atoms with Gasteiger partial charge in [0.25, 0.3) is 0 Å². The second-order valence-electron chi connectivity index (χ2n) is 10.3. The standard InChI is InChI=1S/C30H36/c1-29(2,3)27(21-23-15-9-7-10-16-23)25-19-13-14-20-26(25)28(30(4,5)6)22-24-17-11-8-12-18-24/h7-20H,21-22H2,1-6H3. The Morgan fingerprint density at radius 3 is 1.07 bits per heavy atom. The molecular formula is C30H36. The topological polar surface area (TPSA) is 0 Å². The summed E-state index contributed by atoms with van der Waals surface area (Å²) in [5, 5.41) is 2.80. The molecule has 0 aliphatic rings. The monoisotopic (exact) mass is 396 g/mol. The van der Waals surface area contributed by atoms with E-state index in [0.717, 1.165) is 12.8 Å². The summed E-state index contributed by atoms with van der Waals surface area (Å²) in [7, 11) is 0. The van der Waals surface area contributed by atoms with Gasteiger partial charge in [0.15, 0.2) is 0 Å². The Hall–Kier alpha value is -2.60. The molecule has 156 valence electrons. The fourth-order valence-corrected chi connectivity index (χ4v) is 4.14. The molecule has 0 heteroatoms. The first-order valence-electron chi connectivity index (χ1n) is 11.1. The van der Waals surface area contributed by atoms with Gasteiger partial charge in [0, 0.05) is 0 Å². The fourth-order valence-electron chi connectivity index (χ4n) is 4.14. The third kappa shape index (κ3) is 5.51. The second kappa shape index (κ2) is 9.04. The van der Waals surface area contributed by atoms with E-state index in [0.29, 0.717) is 0 Å². The van der Waals surface area contributed by atoms with Crippen molar-refractivity contribution < 1.29 is 0 Å². The Morgan fingerprint density at radius 1 is 0.467 bits per heavy atom. The summed E-state index contributed by atoms with van der Waals surface area (Å²) in [5.41, 5.74) is 5.91. The maximum Gasteiger partial charge on any atom is -0.00526 e. The van der Waals surface area contributed by atoms with Crippen molar-refractivity contribution in [2.45, 2.75) is 54.4 Å². The molecule has 3 aromatic rings. The maximum absolute atomic E-state index is 2.34. The van der Waals surface area contributed by atoms with E-state index >= 15 is 0 Å². The van der Waals surface area contributed by atoms with Gasteiger partial charge in [-0.1, -0.05) is 138 Å². The lowest BCUT2D eigenvalue weighted by Gasteiger charge is -2.27. The molecule has 0 aromatic heterocycles. The Kier molecular flexibility index (Phi) is 6.66. The van der Waals surface area contributed by atoms with Gasteiger partial charge in [-0.25, -0.2) is 0 Å². The molecule has 0 saturated carbocycles. The summed E-state index contributed by atoms with van der Waals surface area (Å²) in [5.74, 6) is 0. The predicted octanol–water partition coefficient (Wildman–Crippen LogP) is 6.57. The van der Waals surface area contributed by atoms with Crippen LogP contribution in [0.2, 0.25) is 0 Å². The zero-order chi connectivity index (χ0) is 21.8. The summed E-state index contributed by atoms with van der Waals surface area (Å²) in [6.07, 6.45) is 1.95. The highest BCUT2D eigenvalue weighted by Crippen LogP contribution is 2.30. The van der Waals surface area contributed by atoms with Gasteiger partial charge in [0.1, 0.15) is 0 Å². The summed E-state index contributed by atoms with van der Waals surface area (Å²) < 4.78 is 0. The van der Waals surface area contributed by atoms with Gasteiger partial charge in [0.2, 0.25) is 0 Å². The van der Waals surface area contributed by atoms with Crippen molar-refractivity contribution in [1.29, 1.82) is 0 Å². The zero-order valence-electron chi connectivity index (χ0n) is 19.5. The van der Waals surface area contributed by atoms with E-state index < -0.39 is 0 Å². The Morgan fingerprint density at radius 2 is 0.767 bits per heavy atom. The average molecular weight is 397 g/mol. The van der Waals surface area contributed by atoms with Gasteiger partial charge in [-0.3, -0.25) is 0 Å². The Labute approximate surface area is 183 Å². The van der Waals surface area contributed by atoms with E-state index in [1.807, 2.05) is 0 Å². The van der Waals surface area contributed by atoms with Crippen LogP contribution >= 0.6 is 0 Å². The first-order valence-corrected chi connectivity index (χ1v) is 11.1. The van der Waals surface area contributed by atoms with Crippen LogP contribution in [-0.2, 0) is 12.8 Å². The fraction of sp³-hybridized carbons (Fsp3) is 0.333. The largest absolute Gasteiger partial charge is 0.0622 e. The minimum Gasteiger partial charge on any atom is -0.0622 e. The molecule has 0 amide bonds. The van der Waals surface area contributed by atoms with E-state index in [1.54, 1.807) is 0 Å². The second-order valence-corrected chi connectivity index (χ2v) is 10.3. The van der Waals surface area contributed by atoms with E-state index in [4.69, 9.17) is 0 Å². The molecule has 0 aliphatic carbocycles. The highest BCUT2D eigenvalue weighted by atomic mass is 14.3. The van der Waals surface area contributed by atoms with Gasteiger partial charge in [0.05, 0.1) is 0 Å². The lowest BCUT2D eigenvalue weighted by molar-refractivity contribution is 0.544. The van der Waals surface area contributed by atoms with E-state index in [9.17, 15) is 0 Å². The molecule has 0 nitrogen and oxygen atoms in total. The van der Waals surface area contributed by atoms with Gasteiger partial charge < -0.3 is 0 Å². The Balaban J connectivity index is 2.34. The summed E-state index contributed by atoms with van der Waals surface area (Å²) in [6, 6.07) is 30.8. The van der Waals surface area contributed by atoms with Crippen LogP contribution in [0.25, 0.3) is 11.1 Å². The summed E-state index contributed by atoms with van der Waals surface area (Å²) in [4.78, 5) is 0. The summed E-state index contributed by atoms with van der Waals surface area (Å²) >= 11 is 0. The Bertz CT molecular complexity index is 982. The van der Waals surface area contributed by atoms with E-state index in [-0.39, 0.29) is 10.8 Å². The van der Waals surface area contributed by atoms with Crippen LogP contribution in [0.1, 0.15) is 52.7 Å². The van der Waals surface area contributed by atoms with E-state index in [1.165, 1.54) is 32.7 Å². The lowest BCUT2D eigenvalue weighted by Crippen LogP contribution is -2.36. The molecule has 0 spiro atoms. The molecule has 0 bridgehead atoms. The molecule has 3 aromatic carbocycles. The van der Waals surface area contributed by atoms with Crippen LogP contribution in [0.3, 0.4) is 0 Å². The molecule has 0 N–H and O–H groups in total. The molecule has 0 unspecified atom stereocenters. The molecule has 0 fully saturated rings. The molecule has 0 atom stereocenters. The van der Waals surface area contributed by atoms with Crippen LogP contribution in [-0.4, -0.2) is 0 Å². The quantitative estimate of drug-likeness (QED) is 0.468. The molecule has 30 heavy (non-hydrogen) atoms. The van der Waals surface area contributed by atoms with Gasteiger partial charge in [-0.15, -0.1) is 0 Å². The zero-order valence-corrected chi connectivity index (χ0v) is 19.5. The van der Waals surface area contributed by atoms with Crippen molar-refractivity contribution in [3.05, 3.63) is 106 Å². The third-order valence-electron chi connectivity index (χ3n) is 5.84. The number of hydrogen-bond donors (Lipinski definition) is 0. The van der Waals surface area contributed by atoms with Crippen LogP contribution in [0.15, 0.2) is 84.9 Å². The van der Waals surface area contributed by atoms with Gasteiger partial charge >= 0.3 is 0 Å². The highest BCUT2D eigenvalue weighted by molar-refractivity contribution is 5.60. The molecule has 3 rings (SSSR count). The lowest BCUT2D eigenvalue weighted by atomic mass is 9.78. The molecule has 0 heterocycles. The first-order chi connectivity index (χ1) is 14.2. The van der Waals surface area contributed by atoms with Crippen molar-refractivity contribution in [2.24, 2.45) is 10.8 Å². The minimum atomic E-state index is 0.0850. The SMILES string of the molecule is CC(C)(C)C(Cc1ccccc1)=c1ccccc1=C(Cc1ccccc1)C(C)(C)C. The molecule has 0 aliphatic heterocycles. The normalized spacial score (nSPS) is 14.3. The van der Waals surface area contributed by atoms with Crippen LogP contribution in [0, 0.1) is 10.8 Å². The van der Waals surface area contributed by atoms with Gasteiger partial charge in [-0.05, 0) is 45.2 Å². The first kappa shape index (κ1) is 22.1. The smallest absolute Gasteiger partial charge is 0.00526 e. The number of hydrogen-bond acceptors (Lipinski definition) is 0. The number of benzene rings is 3. The maximum atomic E-state index is 2.34. The summed E-state index contributed by atoms with van der Waals surface area (Å²) in [6.45, 7) is 14.1. The predicted molar refractivity (Wildman–Crippen MR) is 132 cm³/mol. The highest BCUT2D eigenvalue weighted by Gasteiger charge is 2.22. The molecule has 0 radical (unpaired) electrons. The van der Waals surface area contributed by atoms with E-state index in [2.05, 4.69) is 126 Å². The average Bonchev–Trinajstić information content (AvgIpc) is 2.70. The molecular weight excluding hydrogens is 360 g/mol. The van der Waals surface area contributed by atoms with Crippen molar-refractivity contribution >= 4 is 11.1 Å². The van der Waals surface area contributed by atoms with Crippen molar-refractivity contribution in [3.8, 4) is 0 Å². The van der Waals surface area contributed by atoms with Crippen molar-refractivity contribution in [2.75, 3.05) is 0 Å². The van der Waals surface area contributed by atoms with Crippen molar-refractivity contribution in [3.63, 3.8) is 0 Å².